The number of benzene rings is 1. The fourth-order valence-corrected chi connectivity index (χ4v) is 1.97. The van der Waals surface area contributed by atoms with E-state index in [1.165, 1.54) is 0 Å². The first-order chi connectivity index (χ1) is 8.29. The van der Waals surface area contributed by atoms with E-state index in [4.69, 9.17) is 4.74 Å². The van der Waals surface area contributed by atoms with Crippen LogP contribution in [0.5, 0.6) is 5.75 Å². The summed E-state index contributed by atoms with van der Waals surface area (Å²) in [5.74, 6) is 1.32. The molecule has 1 atom stereocenters. The molecule has 0 saturated carbocycles. The van der Waals surface area contributed by atoms with E-state index in [1.807, 2.05) is 0 Å². The summed E-state index contributed by atoms with van der Waals surface area (Å²) in [6, 6.07) is 7.15. The van der Waals surface area contributed by atoms with Gasteiger partial charge in [0.2, 0.25) is 0 Å². The Hall–Kier alpha value is -1.55. The number of hydrogen-bond donors (Lipinski definition) is 2. The molecule has 1 unspecified atom stereocenters. The van der Waals surface area contributed by atoms with Crippen molar-refractivity contribution < 1.29 is 9.53 Å². The molecule has 1 heterocycles. The number of amides is 1. The van der Waals surface area contributed by atoms with E-state index in [1.54, 1.807) is 31.4 Å². The molecule has 1 fully saturated rings. The van der Waals surface area contributed by atoms with E-state index in [0.29, 0.717) is 11.5 Å². The summed E-state index contributed by atoms with van der Waals surface area (Å²) in [4.78, 5) is 11.8. The highest BCUT2D eigenvalue weighted by atomic mass is 16.5. The number of hydrogen-bond acceptors (Lipinski definition) is 3. The molecule has 1 amide bonds. The summed E-state index contributed by atoms with van der Waals surface area (Å²) in [5, 5.41) is 6.24. The number of carbonyl (C=O) groups excluding carboxylic acids is 1. The molecule has 92 valence electrons. The zero-order valence-corrected chi connectivity index (χ0v) is 10.0. The Labute approximate surface area is 101 Å². The maximum absolute atomic E-state index is 11.8. The number of nitrogens with one attached hydrogen (secondary N) is 2. The predicted molar refractivity (Wildman–Crippen MR) is 66.3 cm³/mol. The molecule has 0 radical (unpaired) electrons. The van der Waals surface area contributed by atoms with Crippen LogP contribution in [0.1, 0.15) is 16.8 Å². The molecule has 2 rings (SSSR count). The zero-order chi connectivity index (χ0) is 12.1. The molecule has 17 heavy (non-hydrogen) atoms. The van der Waals surface area contributed by atoms with Crippen LogP contribution in [0, 0.1) is 5.92 Å². The molecule has 1 aromatic carbocycles. The maximum atomic E-state index is 11.8. The number of rotatable bonds is 4. The molecule has 1 saturated heterocycles. The Morgan fingerprint density at radius 3 is 2.82 bits per heavy atom. The highest BCUT2D eigenvalue weighted by Crippen LogP contribution is 2.11. The lowest BCUT2D eigenvalue weighted by Gasteiger charge is -2.10. The summed E-state index contributed by atoms with van der Waals surface area (Å²) in [5.41, 5.74) is 0.678. The minimum absolute atomic E-state index is 0.0143. The molecule has 4 nitrogen and oxygen atoms in total. The monoisotopic (exact) mass is 234 g/mol. The van der Waals surface area contributed by atoms with Gasteiger partial charge in [-0.3, -0.25) is 4.79 Å². The molecular weight excluding hydrogens is 216 g/mol. The van der Waals surface area contributed by atoms with E-state index < -0.39 is 0 Å². The van der Waals surface area contributed by atoms with Crippen molar-refractivity contribution in [1.82, 2.24) is 10.6 Å². The third-order valence-corrected chi connectivity index (χ3v) is 3.07. The van der Waals surface area contributed by atoms with Gasteiger partial charge in [0, 0.05) is 12.1 Å². The van der Waals surface area contributed by atoms with Crippen molar-refractivity contribution in [2.45, 2.75) is 6.42 Å². The molecule has 0 aliphatic carbocycles. The van der Waals surface area contributed by atoms with Crippen molar-refractivity contribution in [3.8, 4) is 5.75 Å². The van der Waals surface area contributed by atoms with Crippen molar-refractivity contribution in [2.24, 2.45) is 5.92 Å². The minimum atomic E-state index is -0.0143. The molecule has 0 bridgehead atoms. The van der Waals surface area contributed by atoms with Crippen LogP contribution in [0.4, 0.5) is 0 Å². The summed E-state index contributed by atoms with van der Waals surface area (Å²) in [7, 11) is 1.61. The molecule has 1 aromatic rings. The minimum Gasteiger partial charge on any atom is -0.497 e. The second-order valence-corrected chi connectivity index (χ2v) is 4.30. The lowest BCUT2D eigenvalue weighted by Crippen LogP contribution is -2.30. The summed E-state index contributed by atoms with van der Waals surface area (Å²) in [6.45, 7) is 2.81. The van der Waals surface area contributed by atoms with Gasteiger partial charge in [-0.25, -0.2) is 0 Å². The van der Waals surface area contributed by atoms with Gasteiger partial charge in [-0.2, -0.15) is 0 Å². The molecule has 1 aliphatic heterocycles. The Balaban J connectivity index is 1.85. The van der Waals surface area contributed by atoms with Gasteiger partial charge in [-0.05, 0) is 49.7 Å². The molecule has 4 heteroatoms. The van der Waals surface area contributed by atoms with Crippen molar-refractivity contribution in [2.75, 3.05) is 26.7 Å². The van der Waals surface area contributed by atoms with Gasteiger partial charge in [0.1, 0.15) is 5.75 Å². The first kappa shape index (κ1) is 11.9. The van der Waals surface area contributed by atoms with E-state index in [0.717, 1.165) is 31.8 Å². The topological polar surface area (TPSA) is 50.4 Å². The number of carbonyl (C=O) groups is 1. The van der Waals surface area contributed by atoms with Gasteiger partial charge in [-0.15, -0.1) is 0 Å². The van der Waals surface area contributed by atoms with Crippen LogP contribution in [-0.2, 0) is 0 Å². The highest BCUT2D eigenvalue weighted by molar-refractivity contribution is 5.94. The first-order valence-corrected chi connectivity index (χ1v) is 5.92. The molecule has 1 aliphatic rings. The number of ether oxygens (including phenoxy) is 1. The van der Waals surface area contributed by atoms with Gasteiger partial charge < -0.3 is 15.4 Å². The lowest BCUT2D eigenvalue weighted by atomic mass is 10.1. The van der Waals surface area contributed by atoms with Crippen LogP contribution in [0.3, 0.4) is 0 Å². The Kier molecular flexibility index (Phi) is 3.98. The molecular formula is C13H18N2O2. The van der Waals surface area contributed by atoms with Gasteiger partial charge in [0.05, 0.1) is 7.11 Å². The van der Waals surface area contributed by atoms with E-state index >= 15 is 0 Å². The first-order valence-electron chi connectivity index (χ1n) is 5.92. The van der Waals surface area contributed by atoms with Gasteiger partial charge in [0.15, 0.2) is 0 Å². The Morgan fingerprint density at radius 2 is 2.24 bits per heavy atom. The van der Waals surface area contributed by atoms with E-state index in [9.17, 15) is 4.79 Å². The summed E-state index contributed by atoms with van der Waals surface area (Å²) < 4.78 is 5.05. The lowest BCUT2D eigenvalue weighted by molar-refractivity contribution is 0.0948. The summed E-state index contributed by atoms with van der Waals surface area (Å²) >= 11 is 0. The standard InChI is InChI=1S/C13H18N2O2/c1-17-12-4-2-11(3-5-12)13(16)15-9-10-6-7-14-8-10/h2-5,10,14H,6-9H2,1H3,(H,15,16). The van der Waals surface area contributed by atoms with Crippen molar-refractivity contribution in [3.63, 3.8) is 0 Å². The Bertz CT molecular complexity index is 370. The van der Waals surface area contributed by atoms with Crippen molar-refractivity contribution in [3.05, 3.63) is 29.8 Å². The van der Waals surface area contributed by atoms with E-state index in [-0.39, 0.29) is 5.91 Å². The van der Waals surface area contributed by atoms with E-state index in [2.05, 4.69) is 10.6 Å². The highest BCUT2D eigenvalue weighted by Gasteiger charge is 2.15. The molecule has 2 N–H and O–H groups in total. The third kappa shape index (κ3) is 3.20. The summed E-state index contributed by atoms with van der Waals surface area (Å²) in [6.07, 6.45) is 1.14. The fourth-order valence-electron chi connectivity index (χ4n) is 1.97. The van der Waals surface area contributed by atoms with Crippen molar-refractivity contribution >= 4 is 5.91 Å². The second kappa shape index (κ2) is 5.68. The Morgan fingerprint density at radius 1 is 1.47 bits per heavy atom. The largest absolute Gasteiger partial charge is 0.497 e. The normalized spacial score (nSPS) is 19.0. The fraction of sp³-hybridized carbons (Fsp3) is 0.462. The van der Waals surface area contributed by atoms with Crippen LogP contribution in [0.25, 0.3) is 0 Å². The van der Waals surface area contributed by atoms with Crippen LogP contribution in [0.15, 0.2) is 24.3 Å². The second-order valence-electron chi connectivity index (χ2n) is 4.30. The smallest absolute Gasteiger partial charge is 0.251 e. The van der Waals surface area contributed by atoms with Crippen molar-refractivity contribution in [1.29, 1.82) is 0 Å². The predicted octanol–water partition coefficient (Wildman–Crippen LogP) is 1.03. The van der Waals surface area contributed by atoms with Gasteiger partial charge in [-0.1, -0.05) is 0 Å². The van der Waals surface area contributed by atoms with Crippen LogP contribution < -0.4 is 15.4 Å². The SMILES string of the molecule is COc1ccc(C(=O)NCC2CCNC2)cc1. The average Bonchev–Trinajstić information content (AvgIpc) is 2.89. The van der Waals surface area contributed by atoms with Gasteiger partial charge >= 0.3 is 0 Å². The average molecular weight is 234 g/mol. The number of methoxy groups -OCH3 is 1. The van der Waals surface area contributed by atoms with Crippen LogP contribution in [-0.4, -0.2) is 32.7 Å². The van der Waals surface area contributed by atoms with Crippen LogP contribution in [0.2, 0.25) is 0 Å². The van der Waals surface area contributed by atoms with Gasteiger partial charge in [0.25, 0.3) is 5.91 Å². The molecule has 0 spiro atoms. The van der Waals surface area contributed by atoms with Crippen LogP contribution >= 0.6 is 0 Å². The maximum Gasteiger partial charge on any atom is 0.251 e. The quantitative estimate of drug-likeness (QED) is 0.818. The molecule has 0 aromatic heterocycles. The zero-order valence-electron chi connectivity index (χ0n) is 10.0. The third-order valence-electron chi connectivity index (χ3n) is 3.07.